The van der Waals surface area contributed by atoms with Crippen molar-refractivity contribution in [3.8, 4) is 0 Å². The molecule has 0 amide bonds. The first-order valence-electron chi connectivity index (χ1n) is 10.8. The molecular weight excluding hydrogens is 288 g/mol. The fourth-order valence-corrected chi connectivity index (χ4v) is 5.74. The number of hydrogen-bond acceptors (Lipinski definition) is 0. The van der Waals surface area contributed by atoms with Gasteiger partial charge in [-0.05, 0) is 68.3 Å². The number of benzene rings is 1. The Bertz CT molecular complexity index is 469. The van der Waals surface area contributed by atoms with E-state index in [-0.39, 0.29) is 0 Å². The highest BCUT2D eigenvalue weighted by molar-refractivity contribution is 5.21. The summed E-state index contributed by atoms with van der Waals surface area (Å²) in [5.74, 6) is 2.07. The van der Waals surface area contributed by atoms with Crippen molar-refractivity contribution in [3.63, 3.8) is 0 Å². The Kier molecular flexibility index (Phi) is 6.42. The summed E-state index contributed by atoms with van der Waals surface area (Å²) in [4.78, 5) is 0. The molecule has 2 fully saturated rings. The van der Waals surface area contributed by atoms with Gasteiger partial charge >= 0.3 is 0 Å². The highest BCUT2D eigenvalue weighted by Crippen LogP contribution is 2.52. The first kappa shape index (κ1) is 18.0. The summed E-state index contributed by atoms with van der Waals surface area (Å²) in [7, 11) is 0. The van der Waals surface area contributed by atoms with Gasteiger partial charge in [0.1, 0.15) is 0 Å². The lowest BCUT2D eigenvalue weighted by atomic mass is 9.58. The summed E-state index contributed by atoms with van der Waals surface area (Å²) in [6, 6.07) is 9.31. The Morgan fingerprint density at radius 2 is 1.58 bits per heavy atom. The van der Waals surface area contributed by atoms with Crippen LogP contribution in [0.25, 0.3) is 0 Å². The topological polar surface area (TPSA) is 0 Å². The minimum absolute atomic E-state index is 0.681. The Balaban J connectivity index is 1.63. The fraction of sp³-hybridized carbons (Fsp3) is 0.750. The molecule has 0 saturated heterocycles. The van der Waals surface area contributed by atoms with Crippen LogP contribution in [0.3, 0.4) is 0 Å². The average Bonchev–Trinajstić information content (AvgIpc) is 2.63. The number of aryl methyl sites for hydroxylation is 2. The van der Waals surface area contributed by atoms with E-state index in [9.17, 15) is 0 Å². The van der Waals surface area contributed by atoms with Crippen LogP contribution >= 0.6 is 0 Å². The summed E-state index contributed by atoms with van der Waals surface area (Å²) in [5, 5.41) is 0. The Labute approximate surface area is 150 Å². The van der Waals surface area contributed by atoms with Gasteiger partial charge in [0.05, 0.1) is 0 Å². The minimum Gasteiger partial charge on any atom is -0.0654 e. The Hall–Kier alpha value is -0.780. The molecule has 1 aromatic carbocycles. The molecule has 0 unspecified atom stereocenters. The summed E-state index contributed by atoms with van der Waals surface area (Å²) >= 11 is 0. The molecule has 0 aromatic heterocycles. The first-order chi connectivity index (χ1) is 11.7. The zero-order chi connectivity index (χ0) is 16.8. The zero-order valence-electron chi connectivity index (χ0n) is 16.2. The van der Waals surface area contributed by atoms with Crippen LogP contribution in [0.4, 0.5) is 0 Å². The van der Waals surface area contributed by atoms with Crippen molar-refractivity contribution in [2.45, 2.75) is 97.3 Å². The van der Waals surface area contributed by atoms with Crippen LogP contribution in [-0.4, -0.2) is 0 Å². The predicted molar refractivity (Wildman–Crippen MR) is 105 cm³/mol. The van der Waals surface area contributed by atoms with Crippen molar-refractivity contribution in [2.75, 3.05) is 0 Å². The van der Waals surface area contributed by atoms with Crippen molar-refractivity contribution in [3.05, 3.63) is 35.4 Å². The molecule has 0 aliphatic heterocycles. The highest BCUT2D eigenvalue weighted by atomic mass is 14.5. The van der Waals surface area contributed by atoms with E-state index in [2.05, 4.69) is 38.1 Å². The van der Waals surface area contributed by atoms with E-state index in [1.165, 1.54) is 89.0 Å². The third-order valence-electron chi connectivity index (χ3n) is 7.29. The van der Waals surface area contributed by atoms with E-state index in [1.54, 1.807) is 5.56 Å². The second-order valence-electron chi connectivity index (χ2n) is 8.91. The second-order valence-corrected chi connectivity index (χ2v) is 8.91. The molecule has 134 valence electrons. The smallest absolute Gasteiger partial charge is 0.0266 e. The summed E-state index contributed by atoms with van der Waals surface area (Å²) in [6.07, 6.45) is 19.2. The molecule has 0 heterocycles. The van der Waals surface area contributed by atoms with Gasteiger partial charge in [-0.2, -0.15) is 0 Å². The quantitative estimate of drug-likeness (QED) is 0.508. The van der Waals surface area contributed by atoms with E-state index < -0.39 is 0 Å². The zero-order valence-corrected chi connectivity index (χ0v) is 16.2. The maximum absolute atomic E-state index is 2.37. The fourth-order valence-electron chi connectivity index (χ4n) is 5.74. The van der Waals surface area contributed by atoms with Crippen LogP contribution < -0.4 is 0 Å². The summed E-state index contributed by atoms with van der Waals surface area (Å²) in [5.41, 5.74) is 3.63. The summed E-state index contributed by atoms with van der Waals surface area (Å²) in [6.45, 7) is 4.55. The molecule has 0 radical (unpaired) electrons. The summed E-state index contributed by atoms with van der Waals surface area (Å²) < 4.78 is 0. The molecule has 0 nitrogen and oxygen atoms in total. The van der Waals surface area contributed by atoms with Crippen LogP contribution in [0.1, 0.15) is 95.1 Å². The van der Waals surface area contributed by atoms with E-state index in [0.717, 1.165) is 11.8 Å². The van der Waals surface area contributed by atoms with E-state index in [4.69, 9.17) is 0 Å². The van der Waals surface area contributed by atoms with Crippen molar-refractivity contribution in [2.24, 2.45) is 17.3 Å². The van der Waals surface area contributed by atoms with Crippen molar-refractivity contribution < 1.29 is 0 Å². The third kappa shape index (κ3) is 4.44. The van der Waals surface area contributed by atoms with E-state index >= 15 is 0 Å². The van der Waals surface area contributed by atoms with Gasteiger partial charge in [-0.1, -0.05) is 81.7 Å². The van der Waals surface area contributed by atoms with Gasteiger partial charge in [-0.25, -0.2) is 0 Å². The molecule has 0 spiro atoms. The SMILES string of the molecule is CCC[C@H]1CC[C@H](C2(CCc3ccc(C)cc3)CCCCC2)CC1. The molecule has 0 bridgehead atoms. The predicted octanol–water partition coefficient (Wildman–Crippen LogP) is 7.48. The van der Waals surface area contributed by atoms with Gasteiger partial charge in [0, 0.05) is 0 Å². The monoisotopic (exact) mass is 326 g/mol. The Morgan fingerprint density at radius 1 is 0.917 bits per heavy atom. The van der Waals surface area contributed by atoms with Crippen LogP contribution in [-0.2, 0) is 6.42 Å². The maximum Gasteiger partial charge on any atom is -0.0266 e. The van der Waals surface area contributed by atoms with Crippen LogP contribution in [0.5, 0.6) is 0 Å². The molecular formula is C24H38. The van der Waals surface area contributed by atoms with Gasteiger partial charge in [-0.15, -0.1) is 0 Å². The second kappa shape index (κ2) is 8.54. The van der Waals surface area contributed by atoms with Gasteiger partial charge in [0.15, 0.2) is 0 Å². The normalized spacial score (nSPS) is 27.1. The molecule has 0 atom stereocenters. The standard InChI is InChI=1S/C24H38/c1-3-7-21-12-14-23(15-13-21)24(17-5-4-6-18-24)19-16-22-10-8-20(2)9-11-22/h8-11,21,23H,3-7,12-19H2,1-2H3/t21-,23-. The van der Waals surface area contributed by atoms with Gasteiger partial charge < -0.3 is 0 Å². The molecule has 24 heavy (non-hydrogen) atoms. The highest BCUT2D eigenvalue weighted by Gasteiger charge is 2.40. The molecule has 2 aliphatic carbocycles. The lowest BCUT2D eigenvalue weighted by Crippen LogP contribution is -2.36. The molecule has 1 aromatic rings. The Morgan fingerprint density at radius 3 is 2.21 bits per heavy atom. The van der Waals surface area contributed by atoms with Gasteiger partial charge in [-0.3, -0.25) is 0 Å². The molecule has 2 aliphatic rings. The number of hydrogen-bond donors (Lipinski definition) is 0. The van der Waals surface area contributed by atoms with Crippen LogP contribution in [0.15, 0.2) is 24.3 Å². The maximum atomic E-state index is 2.37. The van der Waals surface area contributed by atoms with E-state index in [0.29, 0.717) is 5.41 Å². The minimum atomic E-state index is 0.681. The molecule has 0 N–H and O–H groups in total. The third-order valence-corrected chi connectivity index (χ3v) is 7.29. The van der Waals surface area contributed by atoms with Crippen molar-refractivity contribution >= 4 is 0 Å². The molecule has 3 rings (SSSR count). The van der Waals surface area contributed by atoms with Gasteiger partial charge in [0.25, 0.3) is 0 Å². The van der Waals surface area contributed by atoms with E-state index in [1.807, 2.05) is 0 Å². The lowest BCUT2D eigenvalue weighted by molar-refractivity contribution is 0.0454. The lowest BCUT2D eigenvalue weighted by Gasteiger charge is -2.47. The van der Waals surface area contributed by atoms with Crippen molar-refractivity contribution in [1.29, 1.82) is 0 Å². The molecule has 0 heteroatoms. The van der Waals surface area contributed by atoms with Crippen LogP contribution in [0.2, 0.25) is 0 Å². The van der Waals surface area contributed by atoms with Crippen molar-refractivity contribution in [1.82, 2.24) is 0 Å². The van der Waals surface area contributed by atoms with Crippen LogP contribution in [0, 0.1) is 24.2 Å². The first-order valence-corrected chi connectivity index (χ1v) is 10.8. The van der Waals surface area contributed by atoms with Gasteiger partial charge in [0.2, 0.25) is 0 Å². The average molecular weight is 327 g/mol. The number of rotatable bonds is 6. The largest absolute Gasteiger partial charge is 0.0654 e. The molecule has 2 saturated carbocycles.